The average molecular weight is 722 g/mol. The molecule has 1 aliphatic rings. The van der Waals surface area contributed by atoms with Crippen LogP contribution in [0.1, 0.15) is 67.9 Å². The Labute approximate surface area is 311 Å². The number of hydrogen-bond acceptors (Lipinski definition) is 7. The summed E-state index contributed by atoms with van der Waals surface area (Å²) in [6.07, 6.45) is 1.17. The van der Waals surface area contributed by atoms with Crippen LogP contribution >= 0.6 is 0 Å². The standard InChI is InChI=1S/C42H51N5O6/c1-42(2,3)47(41(52)33-20-12-13-23-44-33)26-36(48)34(24-28-14-6-4-7-15-28)45-40(51)35(25-37(43)49)46-39(50)32-22-21-30-18-10-11-19-31(30)38(32)53-27-29-16-8-5-9-17-29/h4-11,14-19,21-22,33-36,44,48H,12-13,20,23-27H2,1-3H3,(H2,43,49)(H,45,51)(H,46,50)/t33-,34-,35-,36+/m0/s1. The molecule has 0 saturated carbocycles. The summed E-state index contributed by atoms with van der Waals surface area (Å²) < 4.78 is 6.25. The fourth-order valence-corrected chi connectivity index (χ4v) is 6.65. The molecule has 0 spiro atoms. The van der Waals surface area contributed by atoms with Crippen LogP contribution < -0.4 is 26.4 Å². The van der Waals surface area contributed by atoms with Crippen LogP contribution in [0.15, 0.2) is 97.1 Å². The first kappa shape index (κ1) is 39.0. The number of aliphatic hydroxyl groups excluding tert-OH is 1. The van der Waals surface area contributed by atoms with Gasteiger partial charge in [0.1, 0.15) is 18.4 Å². The van der Waals surface area contributed by atoms with Gasteiger partial charge in [-0.25, -0.2) is 0 Å². The molecule has 5 rings (SSSR count). The Morgan fingerprint density at radius 1 is 0.887 bits per heavy atom. The van der Waals surface area contributed by atoms with Crippen LogP contribution in [0.5, 0.6) is 5.75 Å². The molecule has 280 valence electrons. The van der Waals surface area contributed by atoms with Crippen molar-refractivity contribution in [2.45, 2.75) is 89.3 Å². The number of aliphatic hydroxyl groups is 1. The van der Waals surface area contributed by atoms with E-state index in [2.05, 4.69) is 16.0 Å². The lowest BCUT2D eigenvalue weighted by molar-refractivity contribution is -0.141. The molecule has 4 aromatic rings. The van der Waals surface area contributed by atoms with Crippen LogP contribution in [0.3, 0.4) is 0 Å². The number of rotatable bonds is 15. The maximum Gasteiger partial charge on any atom is 0.255 e. The molecule has 0 aliphatic carbocycles. The van der Waals surface area contributed by atoms with Gasteiger partial charge in [0, 0.05) is 17.5 Å². The minimum atomic E-state index is -1.37. The summed E-state index contributed by atoms with van der Waals surface area (Å²) in [5, 5.41) is 22.3. The normalized spacial score (nSPS) is 16.2. The van der Waals surface area contributed by atoms with Crippen molar-refractivity contribution in [3.05, 3.63) is 114 Å². The largest absolute Gasteiger partial charge is 0.487 e. The highest BCUT2D eigenvalue weighted by atomic mass is 16.5. The molecule has 11 nitrogen and oxygen atoms in total. The monoisotopic (exact) mass is 721 g/mol. The third kappa shape index (κ3) is 10.6. The van der Waals surface area contributed by atoms with Crippen molar-refractivity contribution in [1.29, 1.82) is 0 Å². The van der Waals surface area contributed by atoms with Gasteiger partial charge in [0.2, 0.25) is 17.7 Å². The molecular formula is C42H51N5O6. The Bertz CT molecular complexity index is 1860. The third-order valence-electron chi connectivity index (χ3n) is 9.52. The van der Waals surface area contributed by atoms with E-state index in [0.29, 0.717) is 17.6 Å². The molecular weight excluding hydrogens is 670 g/mol. The zero-order valence-electron chi connectivity index (χ0n) is 30.7. The van der Waals surface area contributed by atoms with Crippen LogP contribution in [-0.2, 0) is 27.4 Å². The van der Waals surface area contributed by atoms with Gasteiger partial charge >= 0.3 is 0 Å². The van der Waals surface area contributed by atoms with Crippen LogP contribution in [0.2, 0.25) is 0 Å². The lowest BCUT2D eigenvalue weighted by atomic mass is 9.96. The number of fused-ring (bicyclic) bond motifs is 1. The molecule has 1 heterocycles. The summed E-state index contributed by atoms with van der Waals surface area (Å²) >= 11 is 0. The van der Waals surface area contributed by atoms with Gasteiger partial charge in [-0.1, -0.05) is 97.4 Å². The Kier molecular flexibility index (Phi) is 13.2. The predicted octanol–water partition coefficient (Wildman–Crippen LogP) is 4.25. The second-order valence-corrected chi connectivity index (χ2v) is 14.6. The van der Waals surface area contributed by atoms with Gasteiger partial charge in [0.15, 0.2) is 0 Å². The molecule has 1 saturated heterocycles. The molecule has 4 aromatic carbocycles. The highest BCUT2D eigenvalue weighted by molar-refractivity contribution is 6.05. The Balaban J connectivity index is 1.39. The summed E-state index contributed by atoms with van der Waals surface area (Å²) in [6.45, 7) is 6.63. The second-order valence-electron chi connectivity index (χ2n) is 14.6. The van der Waals surface area contributed by atoms with Gasteiger partial charge in [-0.15, -0.1) is 0 Å². The van der Waals surface area contributed by atoms with Gasteiger partial charge in [-0.05, 0) is 69.2 Å². The summed E-state index contributed by atoms with van der Waals surface area (Å²) in [5.74, 6) is -1.91. The number of primary amides is 1. The number of benzene rings is 4. The molecule has 1 fully saturated rings. The van der Waals surface area contributed by atoms with Gasteiger partial charge in [0.25, 0.3) is 5.91 Å². The first-order chi connectivity index (χ1) is 25.4. The van der Waals surface area contributed by atoms with Crippen LogP contribution in [-0.4, -0.2) is 76.5 Å². The smallest absolute Gasteiger partial charge is 0.255 e. The van der Waals surface area contributed by atoms with E-state index in [9.17, 15) is 24.3 Å². The van der Waals surface area contributed by atoms with E-state index in [1.165, 1.54) is 0 Å². The van der Waals surface area contributed by atoms with Crippen molar-refractivity contribution in [1.82, 2.24) is 20.9 Å². The first-order valence-electron chi connectivity index (χ1n) is 18.3. The fraction of sp³-hybridized carbons (Fsp3) is 0.381. The fourth-order valence-electron chi connectivity index (χ4n) is 6.65. The van der Waals surface area contributed by atoms with E-state index in [4.69, 9.17) is 10.5 Å². The third-order valence-corrected chi connectivity index (χ3v) is 9.52. The SMILES string of the molecule is CC(C)(C)N(C[C@@H](O)[C@H](Cc1ccccc1)NC(=O)[C@H](CC(N)=O)NC(=O)c1ccc2ccccc2c1OCc1ccccc1)C(=O)[C@@H]1CCCCN1. The van der Waals surface area contributed by atoms with Crippen molar-refractivity contribution >= 4 is 34.4 Å². The van der Waals surface area contributed by atoms with Gasteiger partial charge < -0.3 is 36.4 Å². The average Bonchev–Trinajstić information content (AvgIpc) is 3.15. The topological polar surface area (TPSA) is 163 Å². The lowest BCUT2D eigenvalue weighted by Gasteiger charge is -2.41. The number of amides is 4. The Morgan fingerprint density at radius 2 is 1.55 bits per heavy atom. The summed E-state index contributed by atoms with van der Waals surface area (Å²) in [6, 6.07) is 27.2. The van der Waals surface area contributed by atoms with Gasteiger partial charge in [0.05, 0.1) is 30.2 Å². The molecule has 53 heavy (non-hydrogen) atoms. The predicted molar refractivity (Wildman–Crippen MR) is 205 cm³/mol. The number of hydrogen-bond donors (Lipinski definition) is 5. The second kappa shape index (κ2) is 18.0. The zero-order valence-corrected chi connectivity index (χ0v) is 30.7. The lowest BCUT2D eigenvalue weighted by Crippen LogP contribution is -2.60. The molecule has 6 N–H and O–H groups in total. The molecule has 0 radical (unpaired) electrons. The van der Waals surface area contributed by atoms with E-state index < -0.39 is 47.9 Å². The van der Waals surface area contributed by atoms with Crippen molar-refractivity contribution in [3.63, 3.8) is 0 Å². The Hall–Kier alpha value is -5.26. The van der Waals surface area contributed by atoms with Crippen molar-refractivity contribution in [2.24, 2.45) is 5.73 Å². The summed E-state index contributed by atoms with van der Waals surface area (Å²) in [4.78, 5) is 55.8. The first-order valence-corrected chi connectivity index (χ1v) is 18.3. The molecule has 1 aliphatic heterocycles. The van der Waals surface area contributed by atoms with E-state index in [1.54, 1.807) is 17.0 Å². The number of carbonyl (C=O) groups excluding carboxylic acids is 4. The summed E-state index contributed by atoms with van der Waals surface area (Å²) in [5.41, 5.74) is 6.90. The Morgan fingerprint density at radius 3 is 2.19 bits per heavy atom. The van der Waals surface area contributed by atoms with E-state index in [1.807, 2.05) is 106 Å². The zero-order chi connectivity index (χ0) is 38.0. The van der Waals surface area contributed by atoms with Crippen LogP contribution in [0.25, 0.3) is 10.8 Å². The molecule has 0 unspecified atom stereocenters. The van der Waals surface area contributed by atoms with Crippen LogP contribution in [0.4, 0.5) is 0 Å². The van der Waals surface area contributed by atoms with Crippen molar-refractivity contribution in [2.75, 3.05) is 13.1 Å². The highest BCUT2D eigenvalue weighted by Crippen LogP contribution is 2.31. The van der Waals surface area contributed by atoms with E-state index in [-0.39, 0.29) is 37.1 Å². The number of nitrogens with one attached hydrogen (secondary N) is 3. The number of nitrogens with zero attached hydrogens (tertiary/aromatic N) is 1. The number of β-amino-alcohol motifs (C(OH)–C–C–N with tert-alkyl or cyclic N) is 1. The van der Waals surface area contributed by atoms with Crippen molar-refractivity contribution < 1.29 is 29.0 Å². The van der Waals surface area contributed by atoms with Gasteiger partial charge in [-0.3, -0.25) is 19.2 Å². The quantitative estimate of drug-likeness (QED) is 0.123. The molecule has 0 aromatic heterocycles. The molecule has 0 bridgehead atoms. The maximum atomic E-state index is 14.1. The molecule has 4 amide bonds. The van der Waals surface area contributed by atoms with Crippen molar-refractivity contribution in [3.8, 4) is 5.75 Å². The molecule has 4 atom stereocenters. The number of ether oxygens (including phenoxy) is 1. The van der Waals surface area contributed by atoms with E-state index >= 15 is 0 Å². The van der Waals surface area contributed by atoms with E-state index in [0.717, 1.165) is 35.9 Å². The number of nitrogens with two attached hydrogens (primary N) is 1. The highest BCUT2D eigenvalue weighted by Gasteiger charge is 2.36. The minimum Gasteiger partial charge on any atom is -0.487 e. The number of piperidine rings is 1. The summed E-state index contributed by atoms with van der Waals surface area (Å²) in [7, 11) is 0. The number of carbonyl (C=O) groups is 4. The van der Waals surface area contributed by atoms with Gasteiger partial charge in [-0.2, -0.15) is 0 Å². The van der Waals surface area contributed by atoms with Crippen LogP contribution in [0, 0.1) is 0 Å². The minimum absolute atomic E-state index is 0.0512. The molecule has 11 heteroatoms. The maximum absolute atomic E-state index is 14.1.